The minimum Gasteiger partial charge on any atom is -0.494 e. The monoisotopic (exact) mass is 782 g/mol. The molecule has 3 fully saturated rings. The molecule has 1 saturated carbocycles. The van der Waals surface area contributed by atoms with Gasteiger partial charge in [0, 0.05) is 85.3 Å². The van der Waals surface area contributed by atoms with Crippen LogP contribution in [-0.4, -0.2) is 89.5 Å². The molecule has 2 N–H and O–H groups in total. The van der Waals surface area contributed by atoms with Gasteiger partial charge in [0.15, 0.2) is 5.71 Å². The van der Waals surface area contributed by atoms with Crippen molar-refractivity contribution in [1.29, 1.82) is 0 Å². The van der Waals surface area contributed by atoms with E-state index < -0.39 is 23.8 Å². The van der Waals surface area contributed by atoms with Crippen LogP contribution in [0.25, 0.3) is 17.0 Å². The number of anilines is 3. The number of fused-ring (bicyclic) bond motifs is 2. The number of rotatable bonds is 8. The normalized spacial score (nSPS) is 19.0. The number of hydrogen-bond acceptors (Lipinski definition) is 9. The summed E-state index contributed by atoms with van der Waals surface area (Å²) >= 11 is 0. The van der Waals surface area contributed by atoms with Crippen LogP contribution in [-0.2, 0) is 11.0 Å². The molecule has 0 unspecified atom stereocenters. The van der Waals surface area contributed by atoms with Gasteiger partial charge in [-0.25, -0.2) is 9.78 Å². The molecule has 57 heavy (non-hydrogen) atoms. The van der Waals surface area contributed by atoms with Gasteiger partial charge in [-0.2, -0.15) is 13.2 Å². The lowest BCUT2D eigenvalue weighted by Crippen LogP contribution is -2.49. The van der Waals surface area contributed by atoms with Gasteiger partial charge < -0.3 is 19.9 Å². The summed E-state index contributed by atoms with van der Waals surface area (Å²) in [6.45, 7) is 3.24. The number of aromatic nitrogens is 2. The fourth-order valence-corrected chi connectivity index (χ4v) is 8.28. The number of hydrogen-bond donors (Lipinski definition) is 2. The van der Waals surface area contributed by atoms with E-state index in [-0.39, 0.29) is 18.0 Å². The third kappa shape index (κ3) is 8.04. The first-order chi connectivity index (χ1) is 27.4. The van der Waals surface area contributed by atoms with Crippen molar-refractivity contribution >= 4 is 57.6 Å². The Morgan fingerprint density at radius 3 is 2.54 bits per heavy atom. The van der Waals surface area contributed by atoms with Gasteiger partial charge in [-0.3, -0.25) is 24.8 Å². The highest BCUT2D eigenvalue weighted by atomic mass is 19.4. The van der Waals surface area contributed by atoms with Crippen LogP contribution in [0.3, 0.4) is 0 Å². The van der Waals surface area contributed by atoms with E-state index in [0.29, 0.717) is 41.0 Å². The van der Waals surface area contributed by atoms with Crippen LogP contribution >= 0.6 is 0 Å². The van der Waals surface area contributed by atoms with Crippen molar-refractivity contribution in [3.05, 3.63) is 82.9 Å². The first kappa shape index (κ1) is 38.0. The number of imide groups is 1. The second-order valence-corrected chi connectivity index (χ2v) is 15.0. The van der Waals surface area contributed by atoms with E-state index in [4.69, 9.17) is 9.84 Å². The Bertz CT molecular complexity index is 2400. The number of alkyl halides is 3. The fraction of sp³-hybridized carbons (Fsp3) is 0.390. The Morgan fingerprint density at radius 2 is 1.81 bits per heavy atom. The van der Waals surface area contributed by atoms with Gasteiger partial charge in [0.25, 0.3) is 5.91 Å². The van der Waals surface area contributed by atoms with E-state index >= 15 is 0 Å². The minimum atomic E-state index is -4.67. The number of ether oxygens (including phenoxy) is 1. The van der Waals surface area contributed by atoms with Crippen molar-refractivity contribution in [3.63, 3.8) is 0 Å². The van der Waals surface area contributed by atoms with Crippen molar-refractivity contribution in [3.8, 4) is 5.75 Å². The number of piperidine rings is 1. The highest BCUT2D eigenvalue weighted by Crippen LogP contribution is 2.33. The van der Waals surface area contributed by atoms with E-state index in [1.807, 2.05) is 23.1 Å². The number of urea groups is 1. The van der Waals surface area contributed by atoms with Crippen molar-refractivity contribution in [2.24, 2.45) is 11.0 Å². The van der Waals surface area contributed by atoms with Crippen LogP contribution in [0, 0.1) is 5.92 Å². The molecule has 8 rings (SSSR count). The smallest absolute Gasteiger partial charge is 0.433 e. The van der Waals surface area contributed by atoms with Gasteiger partial charge in [-0.05, 0) is 69.0 Å². The van der Waals surface area contributed by atoms with E-state index in [0.717, 1.165) is 92.0 Å². The Balaban J connectivity index is 0.854. The van der Waals surface area contributed by atoms with E-state index in [1.54, 1.807) is 23.2 Å². The molecule has 4 aromatic rings. The lowest BCUT2D eigenvalue weighted by Gasteiger charge is -2.39. The molecule has 0 atom stereocenters. The second kappa shape index (κ2) is 15.6. The van der Waals surface area contributed by atoms with E-state index in [9.17, 15) is 27.6 Å². The second-order valence-electron chi connectivity index (χ2n) is 15.0. The molecule has 16 heteroatoms. The maximum Gasteiger partial charge on any atom is 0.433 e. The summed E-state index contributed by atoms with van der Waals surface area (Å²) in [7, 11) is 3.69. The summed E-state index contributed by atoms with van der Waals surface area (Å²) < 4.78 is 46.9. The number of nitrogens with one attached hydrogen (secondary N) is 2. The lowest BCUT2D eigenvalue weighted by molar-refractivity contribution is -0.430. The van der Waals surface area contributed by atoms with Crippen LogP contribution in [0.5, 0.6) is 5.75 Å². The Kier molecular flexibility index (Phi) is 10.4. The summed E-state index contributed by atoms with van der Waals surface area (Å²) in [6.07, 6.45) is 7.04. The molecule has 3 aliphatic heterocycles. The molecule has 2 aromatic heterocycles. The van der Waals surface area contributed by atoms with Gasteiger partial charge >= 0.3 is 12.2 Å². The molecule has 1 aliphatic carbocycles. The molecule has 4 amide bonds. The first-order valence-electron chi connectivity index (χ1n) is 19.2. The molecule has 5 heterocycles. The molecular weight excluding hydrogens is 740 g/mol. The third-order valence-corrected chi connectivity index (χ3v) is 11.4. The van der Waals surface area contributed by atoms with Crippen LogP contribution in [0.15, 0.2) is 66.0 Å². The third-order valence-electron chi connectivity index (χ3n) is 11.4. The number of carbonyl (C=O) groups excluding carboxylic acids is 3. The number of methoxy groups -OCH3 is 1. The maximum absolute atomic E-state index is 13.2. The molecule has 0 radical (unpaired) electrons. The summed E-state index contributed by atoms with van der Waals surface area (Å²) in [5.41, 5.74) is 1.86. The first-order valence-corrected chi connectivity index (χ1v) is 19.2. The average molecular weight is 783 g/mol. The van der Waals surface area contributed by atoms with Crippen molar-refractivity contribution in [2.45, 2.75) is 57.2 Å². The van der Waals surface area contributed by atoms with Gasteiger partial charge in [0.05, 0.1) is 29.9 Å². The summed E-state index contributed by atoms with van der Waals surface area (Å²) in [4.78, 5) is 51.5. The fourth-order valence-electron chi connectivity index (χ4n) is 8.28. The molecule has 2 saturated heterocycles. The highest BCUT2D eigenvalue weighted by molar-refractivity contribution is 6.10. The zero-order valence-corrected chi connectivity index (χ0v) is 31.7. The van der Waals surface area contributed by atoms with Crippen LogP contribution in [0.2, 0.25) is 0 Å². The van der Waals surface area contributed by atoms with Crippen molar-refractivity contribution < 1.29 is 37.0 Å². The van der Waals surface area contributed by atoms with Crippen LogP contribution in [0.1, 0.15) is 61.1 Å². The van der Waals surface area contributed by atoms with Crippen LogP contribution < -0.4 is 35.7 Å². The SMILES string of the molecule is COc1cc2c(cc1NC(=O)c1cccc(C(F)(F)F)n1)=C[N+](=C1CCC(CN(C)C3CCN(c4ccc5c(N6CCC(=O)NC6=O)cncc5c4)CC3)CC1)N=2. The number of carbonyl (C=O) groups is 3. The minimum absolute atomic E-state index is 0.259. The van der Waals surface area contributed by atoms with E-state index in [2.05, 4.69) is 49.6 Å². The molecule has 0 bridgehead atoms. The number of pyridine rings is 2. The number of halogens is 3. The van der Waals surface area contributed by atoms with Crippen molar-refractivity contribution in [2.75, 3.05) is 55.5 Å². The molecular formula is C41H43F3N9O4+. The number of benzene rings is 2. The Labute approximate surface area is 326 Å². The summed E-state index contributed by atoms with van der Waals surface area (Å²) in [5, 5.41) is 13.2. The van der Waals surface area contributed by atoms with Crippen LogP contribution in [0.4, 0.5) is 35.0 Å². The number of nitrogens with zero attached hydrogens (tertiary/aromatic N) is 7. The average Bonchev–Trinajstić information content (AvgIpc) is 3.63. The zero-order valence-electron chi connectivity index (χ0n) is 31.7. The van der Waals surface area contributed by atoms with E-state index in [1.165, 1.54) is 18.9 Å². The quantitative estimate of drug-likeness (QED) is 0.242. The Morgan fingerprint density at radius 1 is 1.02 bits per heavy atom. The van der Waals surface area contributed by atoms with Gasteiger partial charge in [0.2, 0.25) is 12.1 Å². The molecule has 13 nitrogen and oxygen atoms in total. The largest absolute Gasteiger partial charge is 0.494 e. The number of amides is 4. The van der Waals surface area contributed by atoms with Gasteiger partial charge in [-0.1, -0.05) is 16.8 Å². The topological polar surface area (TPSA) is 135 Å². The summed E-state index contributed by atoms with van der Waals surface area (Å²) in [6, 6.07) is 13.0. The summed E-state index contributed by atoms with van der Waals surface area (Å²) in [5.74, 6) is -0.139. The maximum atomic E-state index is 13.2. The predicted octanol–water partition coefficient (Wildman–Crippen LogP) is 4.89. The molecule has 4 aliphatic rings. The molecule has 0 spiro atoms. The Hall–Kier alpha value is -5.90. The van der Waals surface area contributed by atoms with Gasteiger partial charge in [0.1, 0.15) is 22.5 Å². The molecule has 2 aromatic carbocycles. The predicted molar refractivity (Wildman–Crippen MR) is 208 cm³/mol. The molecule has 296 valence electrons. The van der Waals surface area contributed by atoms with Gasteiger partial charge in [-0.15, -0.1) is 0 Å². The zero-order chi connectivity index (χ0) is 39.8. The van der Waals surface area contributed by atoms with Crippen molar-refractivity contribution in [1.82, 2.24) is 20.2 Å². The highest BCUT2D eigenvalue weighted by Gasteiger charge is 2.34. The standard InChI is InChI=1S/C41H42F3N9O4/c1-50(28-12-15-51(16-13-28)30-10-11-31-26(18-30)21-45-22-35(31)52-17-14-38(54)48-40(52)56)23-25-6-8-29(9-7-25)53-24-27-19-34(36(57-2)20-33(27)49-53)47-39(55)32-4-3-5-37(46-32)41(42,43)44/h3-5,10-11,18-22,24-25,28H,6-9,12-17,23H2,1-2H3,(H-,47,48,54,55,56)/p+1. The lowest BCUT2D eigenvalue weighted by atomic mass is 9.87.